The molecular weight excluding hydrogens is 148 g/mol. The maximum absolute atomic E-state index is 3.36. The Hall–Kier alpha value is -0.520. The summed E-state index contributed by atoms with van der Waals surface area (Å²) in [6.07, 6.45) is 2.55. The first-order chi connectivity index (χ1) is 5.79. The van der Waals surface area contributed by atoms with Gasteiger partial charge in [0.2, 0.25) is 0 Å². The second kappa shape index (κ2) is 5.18. The van der Waals surface area contributed by atoms with Gasteiger partial charge in [-0.15, -0.1) is 0 Å². The molecule has 1 unspecified atom stereocenters. The number of hydrogen-bond donors (Lipinski definition) is 1. The highest BCUT2D eigenvalue weighted by Crippen LogP contribution is 2.07. The smallest absolute Gasteiger partial charge is 0.0596 e. The molecule has 1 aliphatic rings. The van der Waals surface area contributed by atoms with Gasteiger partial charge in [-0.05, 0) is 33.5 Å². The van der Waals surface area contributed by atoms with E-state index in [1.54, 1.807) is 0 Å². The summed E-state index contributed by atoms with van der Waals surface area (Å²) in [5, 5.41) is 3.36. The summed E-state index contributed by atoms with van der Waals surface area (Å²) in [5.41, 5.74) is 0. The van der Waals surface area contributed by atoms with E-state index < -0.39 is 0 Å². The zero-order chi connectivity index (χ0) is 8.81. The molecule has 12 heavy (non-hydrogen) atoms. The quantitative estimate of drug-likeness (QED) is 0.572. The van der Waals surface area contributed by atoms with Gasteiger partial charge in [0.05, 0.1) is 6.54 Å². The van der Waals surface area contributed by atoms with E-state index in [1.165, 1.54) is 19.4 Å². The van der Waals surface area contributed by atoms with Crippen molar-refractivity contribution in [3.63, 3.8) is 0 Å². The zero-order valence-electron chi connectivity index (χ0n) is 8.06. The number of rotatable bonds is 1. The molecular formula is C10H18N2. The summed E-state index contributed by atoms with van der Waals surface area (Å²) >= 11 is 0. The lowest BCUT2D eigenvalue weighted by Gasteiger charge is -2.17. The SMILES string of the molecule is CN(C)CC#CC1CCCNC1. The maximum Gasteiger partial charge on any atom is 0.0596 e. The predicted molar refractivity (Wildman–Crippen MR) is 51.9 cm³/mol. The van der Waals surface area contributed by atoms with Crippen molar-refractivity contribution >= 4 is 0 Å². The fraction of sp³-hybridized carbons (Fsp3) is 0.800. The summed E-state index contributed by atoms with van der Waals surface area (Å²) in [4.78, 5) is 2.10. The van der Waals surface area contributed by atoms with Gasteiger partial charge in [0.1, 0.15) is 0 Å². The van der Waals surface area contributed by atoms with Crippen LogP contribution in [0.15, 0.2) is 0 Å². The van der Waals surface area contributed by atoms with Crippen LogP contribution in [0, 0.1) is 17.8 Å². The predicted octanol–water partition coefficient (Wildman–Crippen LogP) is 0.551. The normalized spacial score (nSPS) is 23.4. The van der Waals surface area contributed by atoms with Crippen molar-refractivity contribution in [2.75, 3.05) is 33.7 Å². The lowest BCUT2D eigenvalue weighted by atomic mass is 10.0. The van der Waals surface area contributed by atoms with Crippen molar-refractivity contribution in [3.05, 3.63) is 0 Å². The van der Waals surface area contributed by atoms with E-state index in [-0.39, 0.29) is 0 Å². The average molecular weight is 166 g/mol. The average Bonchev–Trinajstić information content (AvgIpc) is 2.05. The molecule has 0 saturated carbocycles. The number of piperidine rings is 1. The van der Waals surface area contributed by atoms with Crippen molar-refractivity contribution in [3.8, 4) is 11.8 Å². The molecule has 0 spiro atoms. The minimum atomic E-state index is 0.596. The van der Waals surface area contributed by atoms with Crippen LogP contribution in [0.2, 0.25) is 0 Å². The Bertz CT molecular complexity index is 170. The second-order valence-corrected chi connectivity index (χ2v) is 3.60. The van der Waals surface area contributed by atoms with Gasteiger partial charge in [-0.3, -0.25) is 4.90 Å². The molecule has 1 aliphatic heterocycles. The molecule has 1 N–H and O–H groups in total. The fourth-order valence-electron chi connectivity index (χ4n) is 1.32. The van der Waals surface area contributed by atoms with Gasteiger partial charge in [0.25, 0.3) is 0 Å². The number of nitrogens with zero attached hydrogens (tertiary/aromatic N) is 1. The molecule has 0 aromatic rings. The third-order valence-electron chi connectivity index (χ3n) is 2.00. The molecule has 68 valence electrons. The van der Waals surface area contributed by atoms with E-state index >= 15 is 0 Å². The van der Waals surface area contributed by atoms with Crippen molar-refractivity contribution in [1.82, 2.24) is 10.2 Å². The molecule has 1 rings (SSSR count). The number of nitrogens with one attached hydrogen (secondary N) is 1. The van der Waals surface area contributed by atoms with Gasteiger partial charge >= 0.3 is 0 Å². The minimum Gasteiger partial charge on any atom is -0.316 e. The highest BCUT2D eigenvalue weighted by molar-refractivity contribution is 5.06. The Morgan fingerprint density at radius 2 is 2.33 bits per heavy atom. The van der Waals surface area contributed by atoms with Crippen LogP contribution < -0.4 is 5.32 Å². The van der Waals surface area contributed by atoms with Gasteiger partial charge in [-0.1, -0.05) is 11.8 Å². The van der Waals surface area contributed by atoms with E-state index in [1.807, 2.05) is 14.1 Å². The van der Waals surface area contributed by atoms with Crippen LogP contribution in [0.25, 0.3) is 0 Å². The van der Waals surface area contributed by atoms with Gasteiger partial charge in [0, 0.05) is 12.5 Å². The highest BCUT2D eigenvalue weighted by Gasteiger charge is 2.08. The van der Waals surface area contributed by atoms with Crippen LogP contribution in [-0.2, 0) is 0 Å². The molecule has 0 radical (unpaired) electrons. The molecule has 1 heterocycles. The van der Waals surface area contributed by atoms with E-state index in [2.05, 4.69) is 22.1 Å². The molecule has 0 amide bonds. The summed E-state index contributed by atoms with van der Waals surface area (Å²) in [5.74, 6) is 7.09. The van der Waals surface area contributed by atoms with Crippen LogP contribution in [0.3, 0.4) is 0 Å². The number of hydrogen-bond acceptors (Lipinski definition) is 2. The van der Waals surface area contributed by atoms with Crippen LogP contribution in [0.5, 0.6) is 0 Å². The highest BCUT2D eigenvalue weighted by atomic mass is 15.0. The molecule has 0 bridgehead atoms. The molecule has 1 fully saturated rings. The van der Waals surface area contributed by atoms with Crippen LogP contribution in [0.4, 0.5) is 0 Å². The van der Waals surface area contributed by atoms with Gasteiger partial charge in [-0.25, -0.2) is 0 Å². The van der Waals surface area contributed by atoms with Crippen molar-refractivity contribution in [2.45, 2.75) is 12.8 Å². The third-order valence-corrected chi connectivity index (χ3v) is 2.00. The largest absolute Gasteiger partial charge is 0.316 e. The maximum atomic E-state index is 3.36. The molecule has 0 aromatic carbocycles. The van der Waals surface area contributed by atoms with E-state index in [0.29, 0.717) is 5.92 Å². The molecule has 2 nitrogen and oxygen atoms in total. The van der Waals surface area contributed by atoms with Gasteiger partial charge < -0.3 is 5.32 Å². The fourth-order valence-corrected chi connectivity index (χ4v) is 1.32. The minimum absolute atomic E-state index is 0.596. The first-order valence-electron chi connectivity index (χ1n) is 4.63. The zero-order valence-corrected chi connectivity index (χ0v) is 8.06. The van der Waals surface area contributed by atoms with Gasteiger partial charge in [-0.2, -0.15) is 0 Å². The Labute approximate surface area is 75.3 Å². The van der Waals surface area contributed by atoms with Crippen molar-refractivity contribution < 1.29 is 0 Å². The summed E-state index contributed by atoms with van der Waals surface area (Å²) < 4.78 is 0. The Morgan fingerprint density at radius 3 is 2.92 bits per heavy atom. The molecule has 2 heteroatoms. The first kappa shape index (κ1) is 9.57. The second-order valence-electron chi connectivity index (χ2n) is 3.60. The van der Waals surface area contributed by atoms with Crippen LogP contribution >= 0.6 is 0 Å². The topological polar surface area (TPSA) is 15.3 Å². The van der Waals surface area contributed by atoms with E-state index in [9.17, 15) is 0 Å². The van der Waals surface area contributed by atoms with E-state index in [0.717, 1.165) is 13.1 Å². The first-order valence-corrected chi connectivity index (χ1v) is 4.63. The monoisotopic (exact) mass is 166 g/mol. The molecule has 1 atom stereocenters. The third kappa shape index (κ3) is 3.75. The Balaban J connectivity index is 2.21. The van der Waals surface area contributed by atoms with Crippen molar-refractivity contribution in [2.24, 2.45) is 5.92 Å². The van der Waals surface area contributed by atoms with Crippen molar-refractivity contribution in [1.29, 1.82) is 0 Å². The molecule has 0 aromatic heterocycles. The summed E-state index contributed by atoms with van der Waals surface area (Å²) in [6, 6.07) is 0. The van der Waals surface area contributed by atoms with Crippen LogP contribution in [-0.4, -0.2) is 38.6 Å². The van der Waals surface area contributed by atoms with E-state index in [4.69, 9.17) is 0 Å². The Morgan fingerprint density at radius 1 is 1.50 bits per heavy atom. The van der Waals surface area contributed by atoms with Crippen LogP contribution in [0.1, 0.15) is 12.8 Å². The standard InChI is InChI=1S/C10H18N2/c1-12(2)8-4-6-10-5-3-7-11-9-10/h10-11H,3,5,7-9H2,1-2H3. The summed E-state index contributed by atoms with van der Waals surface area (Å²) in [7, 11) is 4.10. The Kier molecular flexibility index (Phi) is 4.13. The lowest BCUT2D eigenvalue weighted by Crippen LogP contribution is -2.28. The van der Waals surface area contributed by atoms with Gasteiger partial charge in [0.15, 0.2) is 0 Å². The molecule has 0 aliphatic carbocycles. The lowest BCUT2D eigenvalue weighted by molar-refractivity contribution is 0.445. The summed E-state index contributed by atoms with van der Waals surface area (Å²) in [6.45, 7) is 3.14. The molecule has 1 saturated heterocycles.